The third-order valence-electron chi connectivity index (χ3n) is 2.10. The monoisotopic (exact) mass is 233 g/mol. The molecule has 1 rings (SSSR count). The third kappa shape index (κ3) is 2.85. The number of ether oxygens (including phenoxy) is 1. The average molecular weight is 233 g/mol. The van der Waals surface area contributed by atoms with Gasteiger partial charge < -0.3 is 9.64 Å². The molecule has 0 N–H and O–H groups in total. The fourth-order valence-electron chi connectivity index (χ4n) is 1.31. The van der Waals surface area contributed by atoms with E-state index in [0.29, 0.717) is 6.61 Å². The number of hydrogen-bond acceptors (Lipinski definition) is 4. The van der Waals surface area contributed by atoms with Crippen molar-refractivity contribution in [2.75, 3.05) is 18.9 Å². The summed E-state index contributed by atoms with van der Waals surface area (Å²) in [6, 6.07) is -0.241. The molecule has 1 heterocycles. The van der Waals surface area contributed by atoms with Gasteiger partial charge in [-0.15, -0.1) is 0 Å². The fraction of sp³-hybridized carbons (Fsp3) is 0.778. The summed E-state index contributed by atoms with van der Waals surface area (Å²) in [5.41, 5.74) is 0. The van der Waals surface area contributed by atoms with Gasteiger partial charge in [0, 0.05) is 12.3 Å². The molecule has 0 saturated carbocycles. The summed E-state index contributed by atoms with van der Waals surface area (Å²) < 4.78 is 5.77. The van der Waals surface area contributed by atoms with Gasteiger partial charge in [0.05, 0.1) is 6.61 Å². The topological polar surface area (TPSA) is 29.5 Å². The van der Waals surface area contributed by atoms with Crippen LogP contribution in [0.4, 0.5) is 0 Å². The van der Waals surface area contributed by atoms with Crippen molar-refractivity contribution < 1.29 is 9.53 Å². The number of rotatable bonds is 3. The quantitative estimate of drug-likeness (QED) is 0.546. The SMILES string of the molecule is CCOC(=O)C(C)N1CCCSC1=S. The standard InChI is InChI=1S/C9H15NO2S2/c1-3-12-8(11)7(2)10-5-4-6-14-9(10)13/h7H,3-6H2,1-2H3. The summed E-state index contributed by atoms with van der Waals surface area (Å²) in [7, 11) is 0. The highest BCUT2D eigenvalue weighted by atomic mass is 32.2. The summed E-state index contributed by atoms with van der Waals surface area (Å²) in [5.74, 6) is 0.877. The summed E-state index contributed by atoms with van der Waals surface area (Å²) in [6.07, 6.45) is 1.08. The maximum Gasteiger partial charge on any atom is 0.328 e. The van der Waals surface area contributed by atoms with Crippen LogP contribution in [0.3, 0.4) is 0 Å². The van der Waals surface area contributed by atoms with E-state index in [2.05, 4.69) is 0 Å². The molecule has 0 radical (unpaired) electrons. The minimum atomic E-state index is -0.241. The highest BCUT2D eigenvalue weighted by molar-refractivity contribution is 8.22. The molecule has 0 amide bonds. The average Bonchev–Trinajstić information content (AvgIpc) is 2.18. The smallest absolute Gasteiger partial charge is 0.328 e. The Bertz CT molecular complexity index is 233. The van der Waals surface area contributed by atoms with Crippen LogP contribution >= 0.6 is 24.0 Å². The zero-order valence-corrected chi connectivity index (χ0v) is 10.1. The Kier molecular flexibility index (Phi) is 4.68. The molecule has 0 aromatic carbocycles. The van der Waals surface area contributed by atoms with E-state index in [1.54, 1.807) is 11.8 Å². The van der Waals surface area contributed by atoms with E-state index in [1.807, 2.05) is 18.7 Å². The molecule has 0 spiro atoms. The molecule has 1 aliphatic heterocycles. The van der Waals surface area contributed by atoms with Crippen LogP contribution in [0.15, 0.2) is 0 Å². The molecule has 0 aromatic rings. The molecule has 0 aromatic heterocycles. The Hall–Kier alpha value is -0.290. The first kappa shape index (κ1) is 11.8. The normalized spacial score (nSPS) is 19.3. The van der Waals surface area contributed by atoms with Crippen LogP contribution in [0.1, 0.15) is 20.3 Å². The number of thioether (sulfide) groups is 1. The van der Waals surface area contributed by atoms with Gasteiger partial charge in [-0.05, 0) is 20.3 Å². The van der Waals surface area contributed by atoms with E-state index >= 15 is 0 Å². The molecule has 1 fully saturated rings. The molecule has 0 bridgehead atoms. The molecule has 1 saturated heterocycles. The van der Waals surface area contributed by atoms with Gasteiger partial charge in [-0.3, -0.25) is 0 Å². The summed E-state index contributed by atoms with van der Waals surface area (Å²) in [4.78, 5) is 13.4. The highest BCUT2D eigenvalue weighted by Gasteiger charge is 2.26. The fourth-order valence-corrected chi connectivity index (χ4v) is 2.67. The second-order valence-corrected chi connectivity index (χ2v) is 4.82. The van der Waals surface area contributed by atoms with Crippen molar-refractivity contribution >= 4 is 34.3 Å². The Labute approximate surface area is 94.2 Å². The van der Waals surface area contributed by atoms with Crippen molar-refractivity contribution in [3.05, 3.63) is 0 Å². The van der Waals surface area contributed by atoms with Gasteiger partial charge in [0.25, 0.3) is 0 Å². The third-order valence-corrected chi connectivity index (χ3v) is 3.66. The summed E-state index contributed by atoms with van der Waals surface area (Å²) in [5, 5.41) is 0. The molecule has 0 aliphatic carbocycles. The largest absolute Gasteiger partial charge is 0.464 e. The Balaban J connectivity index is 2.53. The molecular formula is C9H15NO2S2. The maximum atomic E-state index is 11.5. The van der Waals surface area contributed by atoms with E-state index < -0.39 is 0 Å². The molecule has 14 heavy (non-hydrogen) atoms. The van der Waals surface area contributed by atoms with Gasteiger partial charge in [-0.25, -0.2) is 4.79 Å². The molecule has 80 valence electrons. The van der Waals surface area contributed by atoms with Gasteiger partial charge >= 0.3 is 5.97 Å². The number of thiocarbonyl (C=S) groups is 1. The van der Waals surface area contributed by atoms with Crippen molar-refractivity contribution in [3.8, 4) is 0 Å². The number of nitrogens with zero attached hydrogens (tertiary/aromatic N) is 1. The van der Waals surface area contributed by atoms with E-state index in [1.165, 1.54) is 0 Å². The second-order valence-electron chi connectivity index (χ2n) is 3.09. The van der Waals surface area contributed by atoms with Crippen LogP contribution in [0.5, 0.6) is 0 Å². The predicted molar refractivity (Wildman–Crippen MR) is 62.5 cm³/mol. The first-order chi connectivity index (χ1) is 6.66. The lowest BCUT2D eigenvalue weighted by Gasteiger charge is -2.32. The van der Waals surface area contributed by atoms with Gasteiger partial charge in [0.15, 0.2) is 0 Å². The van der Waals surface area contributed by atoms with Crippen LogP contribution in [0.25, 0.3) is 0 Å². The lowest BCUT2D eigenvalue weighted by Crippen LogP contribution is -2.44. The van der Waals surface area contributed by atoms with Crippen molar-refractivity contribution in [3.63, 3.8) is 0 Å². The van der Waals surface area contributed by atoms with E-state index in [4.69, 9.17) is 17.0 Å². The van der Waals surface area contributed by atoms with Crippen molar-refractivity contribution in [1.82, 2.24) is 4.90 Å². The second kappa shape index (κ2) is 5.56. The van der Waals surface area contributed by atoms with Gasteiger partial charge in [0.2, 0.25) is 0 Å². The predicted octanol–water partition coefficient (Wildman–Crippen LogP) is 1.66. The molecule has 5 heteroatoms. The Morgan fingerprint density at radius 2 is 2.50 bits per heavy atom. The van der Waals surface area contributed by atoms with Crippen molar-refractivity contribution in [2.24, 2.45) is 0 Å². The Morgan fingerprint density at radius 3 is 3.07 bits per heavy atom. The van der Waals surface area contributed by atoms with E-state index in [9.17, 15) is 4.79 Å². The summed E-state index contributed by atoms with van der Waals surface area (Å²) in [6.45, 7) is 4.95. The van der Waals surface area contributed by atoms with Crippen molar-refractivity contribution in [2.45, 2.75) is 26.3 Å². The first-order valence-electron chi connectivity index (χ1n) is 4.77. The summed E-state index contributed by atoms with van der Waals surface area (Å²) >= 11 is 6.83. The number of esters is 1. The van der Waals surface area contributed by atoms with Crippen LogP contribution in [0.2, 0.25) is 0 Å². The molecule has 1 unspecified atom stereocenters. The minimum Gasteiger partial charge on any atom is -0.464 e. The molecule has 1 aliphatic rings. The van der Waals surface area contributed by atoms with Crippen LogP contribution in [0, 0.1) is 0 Å². The van der Waals surface area contributed by atoms with E-state index in [0.717, 1.165) is 23.0 Å². The Morgan fingerprint density at radius 1 is 1.79 bits per heavy atom. The molecule has 3 nitrogen and oxygen atoms in total. The van der Waals surface area contributed by atoms with Crippen molar-refractivity contribution in [1.29, 1.82) is 0 Å². The van der Waals surface area contributed by atoms with Crippen LogP contribution in [-0.4, -0.2) is 40.1 Å². The number of carbonyl (C=O) groups is 1. The van der Waals surface area contributed by atoms with E-state index in [-0.39, 0.29) is 12.0 Å². The van der Waals surface area contributed by atoms with Gasteiger partial charge in [0.1, 0.15) is 10.4 Å². The number of carbonyl (C=O) groups excluding carboxylic acids is 1. The van der Waals surface area contributed by atoms with Gasteiger partial charge in [-0.2, -0.15) is 0 Å². The first-order valence-corrected chi connectivity index (χ1v) is 6.16. The molecular weight excluding hydrogens is 218 g/mol. The molecule has 1 atom stereocenters. The lowest BCUT2D eigenvalue weighted by molar-refractivity contribution is -0.147. The van der Waals surface area contributed by atoms with Crippen LogP contribution < -0.4 is 0 Å². The van der Waals surface area contributed by atoms with Gasteiger partial charge in [-0.1, -0.05) is 24.0 Å². The lowest BCUT2D eigenvalue weighted by atomic mass is 10.3. The minimum absolute atomic E-state index is 0.183. The maximum absolute atomic E-state index is 11.5. The van der Waals surface area contributed by atoms with Crippen LogP contribution in [-0.2, 0) is 9.53 Å². The highest BCUT2D eigenvalue weighted by Crippen LogP contribution is 2.20. The zero-order chi connectivity index (χ0) is 10.6. The number of hydrogen-bond donors (Lipinski definition) is 0. The zero-order valence-electron chi connectivity index (χ0n) is 8.49.